The number of benzene rings is 1. The Kier molecular flexibility index (Phi) is 3.46. The van der Waals surface area contributed by atoms with Gasteiger partial charge in [0.2, 0.25) is 0 Å². The van der Waals surface area contributed by atoms with E-state index in [0.717, 1.165) is 12.5 Å². The van der Waals surface area contributed by atoms with Crippen molar-refractivity contribution in [3.8, 4) is 0 Å². The van der Waals surface area contributed by atoms with Gasteiger partial charge in [-0.05, 0) is 49.1 Å². The zero-order chi connectivity index (χ0) is 11.5. The average molecular weight is 230 g/mol. The Hall–Kier alpha value is -0.820. The molecule has 0 amide bonds. The van der Waals surface area contributed by atoms with Crippen LogP contribution in [0.25, 0.3) is 0 Å². The molecule has 0 saturated heterocycles. The molecule has 0 radical (unpaired) electrons. The number of hydrogen-bond donors (Lipinski definition) is 0. The first-order valence-electron chi connectivity index (χ1n) is 7.13. The van der Waals surface area contributed by atoms with Crippen LogP contribution in [0.5, 0.6) is 0 Å². The fraction of sp³-hybridized carbons (Fsp3) is 0.625. The number of rotatable bonds is 3. The first-order valence-corrected chi connectivity index (χ1v) is 7.13. The van der Waals surface area contributed by atoms with Crippen LogP contribution in [0.3, 0.4) is 0 Å². The maximum absolute atomic E-state index is 6.19. The molecule has 0 bridgehead atoms. The number of hydrogen-bond acceptors (Lipinski definition) is 1. The smallest absolute Gasteiger partial charge is 0.0827 e. The summed E-state index contributed by atoms with van der Waals surface area (Å²) in [5.41, 5.74) is 2.96. The molecule has 2 aliphatic carbocycles. The highest BCUT2D eigenvalue weighted by atomic mass is 16.5. The van der Waals surface area contributed by atoms with Crippen LogP contribution in [0.1, 0.15) is 55.8 Å². The molecule has 1 nitrogen and oxygen atoms in total. The Morgan fingerprint density at radius 3 is 2.71 bits per heavy atom. The van der Waals surface area contributed by atoms with Crippen LogP contribution in [0.4, 0.5) is 0 Å². The van der Waals surface area contributed by atoms with Crippen molar-refractivity contribution < 1.29 is 4.74 Å². The Labute approximate surface area is 104 Å². The van der Waals surface area contributed by atoms with E-state index in [2.05, 4.69) is 24.3 Å². The molecular formula is C16H22O. The summed E-state index contributed by atoms with van der Waals surface area (Å²) in [5.74, 6) is 0.837. The third kappa shape index (κ3) is 2.55. The molecule has 0 spiro atoms. The van der Waals surface area contributed by atoms with E-state index in [0.29, 0.717) is 6.10 Å². The normalized spacial score (nSPS) is 24.8. The van der Waals surface area contributed by atoms with Crippen molar-refractivity contribution in [1.82, 2.24) is 0 Å². The van der Waals surface area contributed by atoms with Gasteiger partial charge < -0.3 is 4.74 Å². The molecule has 1 unspecified atom stereocenters. The van der Waals surface area contributed by atoms with Crippen LogP contribution in [0, 0.1) is 5.92 Å². The summed E-state index contributed by atoms with van der Waals surface area (Å²) in [4.78, 5) is 0. The van der Waals surface area contributed by atoms with Crippen LogP contribution in [-0.2, 0) is 11.2 Å². The van der Waals surface area contributed by atoms with Crippen molar-refractivity contribution in [2.75, 3.05) is 6.61 Å². The molecule has 92 valence electrons. The standard InChI is InChI=1S/C16H22O/c1-2-7-13(6-1)12-17-16-11-5-9-14-8-3-4-10-15(14)16/h3-4,8,10,13,16H,1-2,5-7,9,11-12H2. The molecule has 1 aromatic carbocycles. The van der Waals surface area contributed by atoms with E-state index < -0.39 is 0 Å². The largest absolute Gasteiger partial charge is 0.373 e. The molecule has 1 atom stereocenters. The minimum Gasteiger partial charge on any atom is -0.373 e. The predicted octanol–water partition coefficient (Wildman–Crippen LogP) is 4.27. The highest BCUT2D eigenvalue weighted by Gasteiger charge is 2.22. The molecule has 0 aromatic heterocycles. The lowest BCUT2D eigenvalue weighted by atomic mass is 9.89. The number of ether oxygens (including phenoxy) is 1. The van der Waals surface area contributed by atoms with Gasteiger partial charge in [-0.1, -0.05) is 37.1 Å². The van der Waals surface area contributed by atoms with Gasteiger partial charge in [-0.2, -0.15) is 0 Å². The van der Waals surface area contributed by atoms with Gasteiger partial charge >= 0.3 is 0 Å². The first-order chi connectivity index (χ1) is 8.43. The number of fused-ring (bicyclic) bond motifs is 1. The topological polar surface area (TPSA) is 9.23 Å². The Bertz CT molecular complexity index is 366. The summed E-state index contributed by atoms with van der Waals surface area (Å²) in [6.07, 6.45) is 9.70. The minimum atomic E-state index is 0.376. The van der Waals surface area contributed by atoms with Crippen LogP contribution in [0.15, 0.2) is 24.3 Å². The molecule has 1 fully saturated rings. The Balaban J connectivity index is 1.64. The molecule has 2 aliphatic rings. The molecule has 1 saturated carbocycles. The van der Waals surface area contributed by atoms with Gasteiger partial charge in [-0.25, -0.2) is 0 Å². The van der Waals surface area contributed by atoms with Crippen LogP contribution >= 0.6 is 0 Å². The van der Waals surface area contributed by atoms with E-state index >= 15 is 0 Å². The SMILES string of the molecule is c1ccc2c(c1)CCCC2OCC1CCCC1. The molecule has 0 N–H and O–H groups in total. The summed E-state index contributed by atoms with van der Waals surface area (Å²) >= 11 is 0. The van der Waals surface area contributed by atoms with E-state index in [1.807, 2.05) is 0 Å². The van der Waals surface area contributed by atoms with Crippen molar-refractivity contribution in [2.24, 2.45) is 5.92 Å². The third-order valence-corrected chi connectivity index (χ3v) is 4.32. The monoisotopic (exact) mass is 230 g/mol. The van der Waals surface area contributed by atoms with Gasteiger partial charge in [0.1, 0.15) is 0 Å². The van der Waals surface area contributed by atoms with Crippen molar-refractivity contribution in [1.29, 1.82) is 0 Å². The van der Waals surface area contributed by atoms with E-state index in [1.54, 1.807) is 0 Å². The van der Waals surface area contributed by atoms with E-state index in [1.165, 1.54) is 56.1 Å². The zero-order valence-electron chi connectivity index (χ0n) is 10.5. The fourth-order valence-corrected chi connectivity index (χ4v) is 3.31. The van der Waals surface area contributed by atoms with Crippen molar-refractivity contribution in [3.05, 3.63) is 35.4 Å². The second-order valence-electron chi connectivity index (χ2n) is 5.56. The highest BCUT2D eigenvalue weighted by Crippen LogP contribution is 2.34. The van der Waals surface area contributed by atoms with Crippen LogP contribution in [-0.4, -0.2) is 6.61 Å². The summed E-state index contributed by atoms with van der Waals surface area (Å²) < 4.78 is 6.19. The quantitative estimate of drug-likeness (QED) is 0.753. The van der Waals surface area contributed by atoms with Gasteiger partial charge in [0.15, 0.2) is 0 Å². The minimum absolute atomic E-state index is 0.376. The van der Waals surface area contributed by atoms with E-state index in [4.69, 9.17) is 4.74 Å². The van der Waals surface area contributed by atoms with Crippen LogP contribution < -0.4 is 0 Å². The summed E-state index contributed by atoms with van der Waals surface area (Å²) in [7, 11) is 0. The summed E-state index contributed by atoms with van der Waals surface area (Å²) in [6.45, 7) is 0.985. The van der Waals surface area contributed by atoms with E-state index in [-0.39, 0.29) is 0 Å². The lowest BCUT2D eigenvalue weighted by Gasteiger charge is -2.26. The predicted molar refractivity (Wildman–Crippen MR) is 70.0 cm³/mol. The lowest BCUT2D eigenvalue weighted by Crippen LogP contribution is -2.16. The number of aryl methyl sites for hydroxylation is 1. The summed E-state index contributed by atoms with van der Waals surface area (Å²) in [6, 6.07) is 8.82. The van der Waals surface area contributed by atoms with E-state index in [9.17, 15) is 0 Å². The molecule has 0 heterocycles. The molecule has 0 aliphatic heterocycles. The molecule has 3 rings (SSSR count). The van der Waals surface area contributed by atoms with Gasteiger partial charge in [0.25, 0.3) is 0 Å². The zero-order valence-corrected chi connectivity index (χ0v) is 10.5. The average Bonchev–Trinajstić information content (AvgIpc) is 2.89. The van der Waals surface area contributed by atoms with Crippen molar-refractivity contribution >= 4 is 0 Å². The molecule has 17 heavy (non-hydrogen) atoms. The van der Waals surface area contributed by atoms with Gasteiger partial charge in [-0.15, -0.1) is 0 Å². The van der Waals surface area contributed by atoms with Gasteiger partial charge in [0.05, 0.1) is 12.7 Å². The highest BCUT2D eigenvalue weighted by molar-refractivity contribution is 5.31. The lowest BCUT2D eigenvalue weighted by molar-refractivity contribution is 0.0190. The van der Waals surface area contributed by atoms with Crippen molar-refractivity contribution in [3.63, 3.8) is 0 Å². The second kappa shape index (κ2) is 5.22. The maximum atomic E-state index is 6.19. The summed E-state index contributed by atoms with van der Waals surface area (Å²) in [5, 5.41) is 0. The van der Waals surface area contributed by atoms with Crippen LogP contribution in [0.2, 0.25) is 0 Å². The second-order valence-corrected chi connectivity index (χ2v) is 5.56. The Morgan fingerprint density at radius 1 is 1.00 bits per heavy atom. The van der Waals surface area contributed by atoms with Crippen molar-refractivity contribution in [2.45, 2.75) is 51.0 Å². The third-order valence-electron chi connectivity index (χ3n) is 4.32. The van der Waals surface area contributed by atoms with Gasteiger partial charge in [-0.3, -0.25) is 0 Å². The Morgan fingerprint density at radius 2 is 1.82 bits per heavy atom. The van der Waals surface area contributed by atoms with Gasteiger partial charge in [0, 0.05) is 0 Å². The maximum Gasteiger partial charge on any atom is 0.0827 e. The molecular weight excluding hydrogens is 208 g/mol. The molecule has 1 heteroatoms. The molecule has 1 aromatic rings. The first kappa shape index (κ1) is 11.3. The fourth-order valence-electron chi connectivity index (χ4n) is 3.31.